The van der Waals surface area contributed by atoms with E-state index in [1.807, 2.05) is 11.8 Å². The van der Waals surface area contributed by atoms with Crippen LogP contribution in [0.1, 0.15) is 31.2 Å². The number of hydrogen-bond acceptors (Lipinski definition) is 4. The second-order valence-electron chi connectivity index (χ2n) is 4.58. The lowest BCUT2D eigenvalue weighted by atomic mass is 10.1. The number of nitro groups is 1. The van der Waals surface area contributed by atoms with Gasteiger partial charge in [0.05, 0.1) is 15.5 Å². The summed E-state index contributed by atoms with van der Waals surface area (Å²) in [5.74, 6) is 1.22. The van der Waals surface area contributed by atoms with Crippen molar-refractivity contribution in [2.24, 2.45) is 0 Å². The van der Waals surface area contributed by atoms with Gasteiger partial charge < -0.3 is 5.32 Å². The first-order chi connectivity index (χ1) is 9.66. The number of nitrogens with one attached hydrogen (secondary N) is 1. The Morgan fingerprint density at radius 3 is 2.75 bits per heavy atom. The molecule has 0 heterocycles. The largest absolute Gasteiger partial charge is 0.312 e. The molecule has 0 unspecified atom stereocenters. The Bertz CT molecular complexity index is 430. The first-order valence-electron chi connectivity index (χ1n) is 6.78. The van der Waals surface area contributed by atoms with Crippen LogP contribution in [0.5, 0.6) is 0 Å². The Balaban J connectivity index is 2.30. The van der Waals surface area contributed by atoms with Crippen LogP contribution in [0.2, 0.25) is 5.02 Å². The van der Waals surface area contributed by atoms with Gasteiger partial charge in [0.2, 0.25) is 0 Å². The molecule has 1 rings (SSSR count). The van der Waals surface area contributed by atoms with Crippen molar-refractivity contribution >= 4 is 29.1 Å². The van der Waals surface area contributed by atoms with Crippen LogP contribution in [0.3, 0.4) is 0 Å². The number of rotatable bonds is 10. The normalized spacial score (nSPS) is 10.7. The Morgan fingerprint density at radius 2 is 2.05 bits per heavy atom. The summed E-state index contributed by atoms with van der Waals surface area (Å²) in [6, 6.07) is 4.79. The molecule has 0 saturated carbocycles. The highest BCUT2D eigenvalue weighted by atomic mass is 35.5. The average molecular weight is 317 g/mol. The zero-order valence-corrected chi connectivity index (χ0v) is 13.3. The molecular weight excluding hydrogens is 296 g/mol. The van der Waals surface area contributed by atoms with E-state index in [9.17, 15) is 10.1 Å². The number of thioether (sulfide) groups is 1. The zero-order valence-electron chi connectivity index (χ0n) is 11.7. The summed E-state index contributed by atoms with van der Waals surface area (Å²) in [7, 11) is 0. The minimum Gasteiger partial charge on any atom is -0.312 e. The number of benzene rings is 1. The van der Waals surface area contributed by atoms with E-state index in [-0.39, 0.29) is 10.6 Å². The molecular formula is C14H21ClN2O2S. The Kier molecular flexibility index (Phi) is 8.65. The molecule has 0 aromatic heterocycles. The lowest BCUT2D eigenvalue weighted by Gasteiger charge is -2.07. The predicted molar refractivity (Wildman–Crippen MR) is 86.7 cm³/mol. The predicted octanol–water partition coefficient (Wildman–Crippen LogP) is 4.26. The Morgan fingerprint density at radius 1 is 1.30 bits per heavy atom. The van der Waals surface area contributed by atoms with E-state index < -0.39 is 0 Å². The van der Waals surface area contributed by atoms with Crippen molar-refractivity contribution in [3.8, 4) is 0 Å². The van der Waals surface area contributed by atoms with Gasteiger partial charge in [0, 0.05) is 12.6 Å². The summed E-state index contributed by atoms with van der Waals surface area (Å²) in [5, 5.41) is 14.6. The molecule has 0 amide bonds. The van der Waals surface area contributed by atoms with Crippen molar-refractivity contribution in [3.63, 3.8) is 0 Å². The van der Waals surface area contributed by atoms with E-state index in [4.69, 9.17) is 11.6 Å². The Hall–Kier alpha value is -0.780. The summed E-state index contributed by atoms with van der Waals surface area (Å²) in [6.45, 7) is 1.31. The third kappa shape index (κ3) is 6.11. The second kappa shape index (κ2) is 10.0. The summed E-state index contributed by atoms with van der Waals surface area (Å²) in [6.07, 6.45) is 6.91. The van der Waals surface area contributed by atoms with Crippen LogP contribution >= 0.6 is 23.4 Å². The molecule has 1 N–H and O–H groups in total. The van der Waals surface area contributed by atoms with Crippen LogP contribution in [0.4, 0.5) is 5.69 Å². The monoisotopic (exact) mass is 316 g/mol. The third-order valence-electron chi connectivity index (χ3n) is 3.04. The fourth-order valence-corrected chi connectivity index (χ4v) is 2.69. The topological polar surface area (TPSA) is 55.2 Å². The number of halogens is 1. The smallest absolute Gasteiger partial charge is 0.275 e. The highest BCUT2D eigenvalue weighted by Gasteiger charge is 2.15. The standard InChI is InChI=1S/C14H21ClN2O2S/c1-20-10-5-3-2-4-9-16-11-12-13(15)7-6-8-14(12)17(18)19/h6-8,16H,2-5,9-11H2,1H3. The SMILES string of the molecule is CSCCCCCCNCc1c(Cl)cccc1[N+](=O)[O-]. The molecule has 0 bridgehead atoms. The molecule has 20 heavy (non-hydrogen) atoms. The Labute approximate surface area is 129 Å². The fraction of sp³-hybridized carbons (Fsp3) is 0.571. The third-order valence-corrected chi connectivity index (χ3v) is 4.10. The second-order valence-corrected chi connectivity index (χ2v) is 5.97. The van der Waals surface area contributed by atoms with Crippen LogP contribution in [0.25, 0.3) is 0 Å². The van der Waals surface area contributed by atoms with Gasteiger partial charge in [-0.3, -0.25) is 10.1 Å². The van der Waals surface area contributed by atoms with Crippen LogP contribution in [-0.2, 0) is 6.54 Å². The van der Waals surface area contributed by atoms with Crippen molar-refractivity contribution in [2.75, 3.05) is 18.6 Å². The molecule has 6 heteroatoms. The van der Waals surface area contributed by atoms with E-state index in [1.165, 1.54) is 31.1 Å². The van der Waals surface area contributed by atoms with Gasteiger partial charge in [0.1, 0.15) is 0 Å². The van der Waals surface area contributed by atoms with Gasteiger partial charge in [-0.1, -0.05) is 30.5 Å². The molecule has 0 spiro atoms. The minimum atomic E-state index is -0.384. The highest BCUT2D eigenvalue weighted by Crippen LogP contribution is 2.25. The van der Waals surface area contributed by atoms with Crippen LogP contribution in [0.15, 0.2) is 18.2 Å². The van der Waals surface area contributed by atoms with Gasteiger partial charge in [-0.25, -0.2) is 0 Å². The molecule has 0 atom stereocenters. The molecule has 1 aromatic rings. The van der Waals surface area contributed by atoms with Crippen molar-refractivity contribution in [1.29, 1.82) is 0 Å². The van der Waals surface area contributed by atoms with Crippen molar-refractivity contribution in [2.45, 2.75) is 32.2 Å². The zero-order chi connectivity index (χ0) is 14.8. The average Bonchev–Trinajstić information content (AvgIpc) is 2.43. The van der Waals surface area contributed by atoms with E-state index >= 15 is 0 Å². The lowest BCUT2D eigenvalue weighted by Crippen LogP contribution is -2.16. The van der Waals surface area contributed by atoms with E-state index in [0.29, 0.717) is 17.1 Å². The van der Waals surface area contributed by atoms with Gasteiger partial charge in [-0.15, -0.1) is 0 Å². The first-order valence-corrected chi connectivity index (χ1v) is 8.55. The van der Waals surface area contributed by atoms with Crippen LogP contribution in [-0.4, -0.2) is 23.5 Å². The number of unbranched alkanes of at least 4 members (excludes halogenated alkanes) is 3. The highest BCUT2D eigenvalue weighted by molar-refractivity contribution is 7.98. The summed E-state index contributed by atoms with van der Waals surface area (Å²) in [4.78, 5) is 10.5. The molecule has 0 fully saturated rings. The lowest BCUT2D eigenvalue weighted by molar-refractivity contribution is -0.385. The van der Waals surface area contributed by atoms with E-state index in [0.717, 1.165) is 13.0 Å². The molecule has 0 aliphatic heterocycles. The van der Waals surface area contributed by atoms with Gasteiger partial charge in [-0.2, -0.15) is 11.8 Å². The number of hydrogen-bond donors (Lipinski definition) is 1. The molecule has 0 aliphatic carbocycles. The van der Waals surface area contributed by atoms with E-state index in [2.05, 4.69) is 11.6 Å². The maximum absolute atomic E-state index is 10.9. The summed E-state index contributed by atoms with van der Waals surface area (Å²) in [5.41, 5.74) is 0.659. The number of nitro benzene ring substituents is 1. The van der Waals surface area contributed by atoms with Gasteiger partial charge in [0.15, 0.2) is 0 Å². The maximum Gasteiger partial charge on any atom is 0.275 e. The fourth-order valence-electron chi connectivity index (χ4n) is 1.96. The summed E-state index contributed by atoms with van der Waals surface area (Å²) >= 11 is 7.90. The molecule has 0 saturated heterocycles. The minimum absolute atomic E-state index is 0.0879. The van der Waals surface area contributed by atoms with Crippen molar-refractivity contribution in [3.05, 3.63) is 38.9 Å². The first kappa shape index (κ1) is 17.3. The van der Waals surface area contributed by atoms with Crippen molar-refractivity contribution in [1.82, 2.24) is 5.32 Å². The van der Waals surface area contributed by atoms with Crippen molar-refractivity contribution < 1.29 is 4.92 Å². The van der Waals surface area contributed by atoms with E-state index in [1.54, 1.807) is 12.1 Å². The molecule has 4 nitrogen and oxygen atoms in total. The molecule has 1 aromatic carbocycles. The molecule has 0 aliphatic rings. The molecule has 112 valence electrons. The van der Waals surface area contributed by atoms with Gasteiger partial charge >= 0.3 is 0 Å². The van der Waals surface area contributed by atoms with Crippen LogP contribution in [0, 0.1) is 10.1 Å². The molecule has 0 radical (unpaired) electrons. The van der Waals surface area contributed by atoms with Crippen LogP contribution < -0.4 is 5.32 Å². The van der Waals surface area contributed by atoms with Gasteiger partial charge in [0.25, 0.3) is 5.69 Å². The quantitative estimate of drug-likeness (QED) is 0.398. The summed E-state index contributed by atoms with van der Waals surface area (Å²) < 4.78 is 0. The van der Waals surface area contributed by atoms with Gasteiger partial charge in [-0.05, 0) is 37.5 Å². The maximum atomic E-state index is 10.9. The number of nitrogens with zero attached hydrogens (tertiary/aromatic N) is 1.